The monoisotopic (exact) mass is 652 g/mol. The van der Waals surface area contributed by atoms with E-state index in [1.807, 2.05) is 6.92 Å². The van der Waals surface area contributed by atoms with Crippen molar-refractivity contribution in [2.75, 3.05) is 32.1 Å². The zero-order chi connectivity index (χ0) is 34.1. The number of aromatic nitrogens is 3. The predicted molar refractivity (Wildman–Crippen MR) is 173 cm³/mol. The fourth-order valence-electron chi connectivity index (χ4n) is 4.79. The van der Waals surface area contributed by atoms with E-state index in [1.54, 1.807) is 28.8 Å². The molecule has 250 valence electrons. The number of guanidine groups is 1. The number of nitrogens with two attached hydrogens (primary N) is 3. The number of anilines is 2. The van der Waals surface area contributed by atoms with Crippen LogP contribution in [-0.2, 0) is 11.2 Å². The molecule has 2 amide bonds. The number of benzene rings is 2. The summed E-state index contributed by atoms with van der Waals surface area (Å²) in [6.07, 6.45) is 4.85. The third kappa shape index (κ3) is 8.47. The molecule has 0 saturated heterocycles. The average Bonchev–Trinajstić information content (AvgIpc) is 3.50. The lowest BCUT2D eigenvalue weighted by molar-refractivity contribution is -0.122. The lowest BCUT2D eigenvalue weighted by Crippen LogP contribution is -2.46. The number of aliphatic imine (C=N–C) groups is 1. The number of halogens is 2. The quantitative estimate of drug-likeness (QED) is 0.0558. The summed E-state index contributed by atoms with van der Waals surface area (Å²) >= 11 is 0. The fraction of sp³-hybridized carbons (Fsp3) is 0.323. The van der Waals surface area contributed by atoms with E-state index in [0.717, 1.165) is 0 Å². The number of aliphatic hydroxyl groups is 1. The minimum Gasteiger partial charge on any atom is -0.494 e. The van der Waals surface area contributed by atoms with Crippen molar-refractivity contribution in [2.24, 2.45) is 22.2 Å². The lowest BCUT2D eigenvalue weighted by Gasteiger charge is -2.16. The second-order valence-corrected chi connectivity index (χ2v) is 10.6. The van der Waals surface area contributed by atoms with Gasteiger partial charge in [-0.2, -0.15) is 4.39 Å². The van der Waals surface area contributed by atoms with Gasteiger partial charge in [0.15, 0.2) is 29.0 Å². The maximum atomic E-state index is 14.8. The van der Waals surface area contributed by atoms with Gasteiger partial charge in [0.1, 0.15) is 0 Å². The molecule has 47 heavy (non-hydrogen) atoms. The number of nitrogens with one attached hydrogen (secondary N) is 3. The number of imidazole rings is 1. The van der Waals surface area contributed by atoms with Crippen molar-refractivity contribution < 1.29 is 28.2 Å². The van der Waals surface area contributed by atoms with Crippen molar-refractivity contribution >= 4 is 34.9 Å². The Bertz CT molecular complexity index is 1760. The number of aryl methyl sites for hydroxylation is 1. The molecule has 0 aliphatic carbocycles. The van der Waals surface area contributed by atoms with Gasteiger partial charge in [0.25, 0.3) is 5.91 Å². The van der Waals surface area contributed by atoms with Crippen LogP contribution in [-0.4, -0.2) is 76.1 Å². The molecular weight excluding hydrogens is 614 g/mol. The maximum absolute atomic E-state index is 14.8. The zero-order valence-corrected chi connectivity index (χ0v) is 26.0. The Balaban J connectivity index is 1.37. The molecule has 0 spiro atoms. The van der Waals surface area contributed by atoms with E-state index < -0.39 is 35.6 Å². The Morgan fingerprint density at radius 1 is 1.11 bits per heavy atom. The lowest BCUT2D eigenvalue weighted by atomic mass is 10.0. The van der Waals surface area contributed by atoms with Crippen LogP contribution in [0.25, 0.3) is 16.9 Å². The Morgan fingerprint density at radius 2 is 1.87 bits per heavy atom. The summed E-state index contributed by atoms with van der Waals surface area (Å²) in [6.45, 7) is 2.04. The summed E-state index contributed by atoms with van der Waals surface area (Å²) in [5.41, 5.74) is 18.8. The topological polar surface area (TPSA) is 220 Å². The highest BCUT2D eigenvalue weighted by atomic mass is 19.2. The molecule has 2 heterocycles. The molecule has 16 heteroatoms. The highest BCUT2D eigenvalue weighted by Gasteiger charge is 2.20. The Morgan fingerprint density at radius 3 is 2.60 bits per heavy atom. The van der Waals surface area contributed by atoms with Gasteiger partial charge >= 0.3 is 0 Å². The summed E-state index contributed by atoms with van der Waals surface area (Å²) in [5.74, 6) is -2.89. The van der Waals surface area contributed by atoms with Gasteiger partial charge in [-0.3, -0.25) is 19.0 Å². The number of methoxy groups -OCH3 is 1. The first-order chi connectivity index (χ1) is 22.5. The van der Waals surface area contributed by atoms with E-state index in [2.05, 4.69) is 30.9 Å². The molecule has 0 aliphatic rings. The highest BCUT2D eigenvalue weighted by Crippen LogP contribution is 2.31. The second-order valence-electron chi connectivity index (χ2n) is 10.6. The molecule has 2 aromatic heterocycles. The molecule has 4 rings (SSSR count). The molecule has 0 unspecified atom stereocenters. The molecule has 14 nitrogen and oxygen atoms in total. The number of hydrogen-bond acceptors (Lipinski definition) is 9. The predicted octanol–water partition coefficient (Wildman–Crippen LogP) is 1.58. The van der Waals surface area contributed by atoms with Gasteiger partial charge < -0.3 is 43.0 Å². The van der Waals surface area contributed by atoms with Crippen molar-refractivity contribution in [3.05, 3.63) is 71.7 Å². The van der Waals surface area contributed by atoms with Gasteiger partial charge in [-0.15, -0.1) is 0 Å². The van der Waals surface area contributed by atoms with E-state index in [-0.39, 0.29) is 30.4 Å². The molecule has 0 fully saturated rings. The van der Waals surface area contributed by atoms with E-state index in [4.69, 9.17) is 21.9 Å². The molecule has 0 saturated carbocycles. The molecule has 10 N–H and O–H groups in total. The van der Waals surface area contributed by atoms with Crippen LogP contribution < -0.4 is 37.9 Å². The number of carbonyl (C=O) groups is 2. The fourth-order valence-corrected chi connectivity index (χ4v) is 4.79. The van der Waals surface area contributed by atoms with Gasteiger partial charge in [-0.1, -0.05) is 6.92 Å². The third-order valence-electron chi connectivity index (χ3n) is 7.28. The minimum absolute atomic E-state index is 0.00338. The van der Waals surface area contributed by atoms with Crippen LogP contribution >= 0.6 is 0 Å². The second kappa shape index (κ2) is 15.8. The number of aliphatic hydroxyl groups excluding tert-OH is 1. The molecule has 2 aromatic carbocycles. The smallest absolute Gasteiger partial charge is 0.251 e. The summed E-state index contributed by atoms with van der Waals surface area (Å²) in [6, 6.07) is 7.08. The van der Waals surface area contributed by atoms with Crippen LogP contribution in [0.3, 0.4) is 0 Å². The molecule has 4 aromatic rings. The third-order valence-corrected chi connectivity index (χ3v) is 7.28. The van der Waals surface area contributed by atoms with Crippen molar-refractivity contribution in [3.8, 4) is 17.0 Å². The van der Waals surface area contributed by atoms with Crippen molar-refractivity contribution in [2.45, 2.75) is 38.3 Å². The molecule has 0 radical (unpaired) electrons. The van der Waals surface area contributed by atoms with Crippen molar-refractivity contribution in [3.63, 3.8) is 0 Å². The van der Waals surface area contributed by atoms with Gasteiger partial charge in [0, 0.05) is 48.8 Å². The van der Waals surface area contributed by atoms with Crippen LogP contribution in [0.1, 0.15) is 35.7 Å². The molecule has 2 atom stereocenters. The number of rotatable bonds is 15. The summed E-state index contributed by atoms with van der Waals surface area (Å²) < 4.78 is 35.7. The summed E-state index contributed by atoms with van der Waals surface area (Å²) in [7, 11) is 1.26. The SMILES string of the molecule is CCc1cc(Nc2nccn3c(-c4ccc(OC)c(F)c4F)cnc23)ccc1C(=O)NC[C@@H](O)CNC(=O)[C@H](N)CCCN=C(N)N. The van der Waals surface area contributed by atoms with Crippen molar-refractivity contribution in [1.29, 1.82) is 0 Å². The van der Waals surface area contributed by atoms with Crippen LogP contribution in [0.2, 0.25) is 0 Å². The van der Waals surface area contributed by atoms with Crippen LogP contribution in [0.4, 0.5) is 20.3 Å². The Hall–Kier alpha value is -5.35. The number of ether oxygens (including phenoxy) is 1. The Kier molecular flexibility index (Phi) is 11.6. The normalized spacial score (nSPS) is 12.3. The summed E-state index contributed by atoms with van der Waals surface area (Å²) in [4.78, 5) is 37.7. The van der Waals surface area contributed by atoms with Crippen LogP contribution in [0, 0.1) is 11.6 Å². The van der Waals surface area contributed by atoms with Crippen LogP contribution in [0.15, 0.2) is 53.9 Å². The van der Waals surface area contributed by atoms with E-state index in [1.165, 1.54) is 31.6 Å². The molecule has 0 aliphatic heterocycles. The van der Waals surface area contributed by atoms with E-state index in [0.29, 0.717) is 59.8 Å². The first-order valence-electron chi connectivity index (χ1n) is 14.8. The van der Waals surface area contributed by atoms with Gasteiger partial charge in [0.05, 0.1) is 31.1 Å². The van der Waals surface area contributed by atoms with Gasteiger partial charge in [-0.25, -0.2) is 14.4 Å². The number of carbonyl (C=O) groups excluding carboxylic acids is 2. The first kappa shape index (κ1) is 34.5. The largest absolute Gasteiger partial charge is 0.494 e. The summed E-state index contributed by atoms with van der Waals surface area (Å²) in [5, 5.41) is 18.8. The van der Waals surface area contributed by atoms with E-state index >= 15 is 0 Å². The number of amides is 2. The number of fused-ring (bicyclic) bond motifs is 1. The van der Waals surface area contributed by atoms with Crippen LogP contribution in [0.5, 0.6) is 5.75 Å². The minimum atomic E-state index is -1.10. The number of hydrogen-bond donors (Lipinski definition) is 7. The zero-order valence-electron chi connectivity index (χ0n) is 26.0. The highest BCUT2D eigenvalue weighted by molar-refractivity contribution is 5.96. The van der Waals surface area contributed by atoms with E-state index in [9.17, 15) is 23.5 Å². The molecular formula is C31H38F2N10O4. The Labute approximate surface area is 269 Å². The van der Waals surface area contributed by atoms with Crippen molar-refractivity contribution in [1.82, 2.24) is 25.0 Å². The maximum Gasteiger partial charge on any atom is 0.251 e. The average molecular weight is 653 g/mol. The standard InChI is InChI=1S/C31H38F2N10O4/c1-3-17-13-18(6-7-20(17)29(45)40-14-19(44)15-41-30(46)22(34)5-4-10-38-31(35)36)42-27-28-39-16-23(43(28)12-11-37-27)21-8-9-24(47-2)26(33)25(21)32/h6-9,11-13,16,19,22,44H,3-5,10,14-15,34H2,1-2H3,(H,37,42)(H,40,45)(H,41,46)(H4,35,36,38)/t19-,22-/m1/s1. The number of nitrogens with zero attached hydrogens (tertiary/aromatic N) is 4. The first-order valence-corrected chi connectivity index (χ1v) is 14.8. The van der Waals surface area contributed by atoms with Gasteiger partial charge in [0.2, 0.25) is 11.7 Å². The molecule has 0 bridgehead atoms. The van der Waals surface area contributed by atoms with Gasteiger partial charge in [-0.05, 0) is 55.2 Å².